The summed E-state index contributed by atoms with van der Waals surface area (Å²) < 4.78 is 30.1. The van der Waals surface area contributed by atoms with Crippen molar-refractivity contribution < 1.29 is 28.5 Å². The molecule has 1 atom stereocenters. The van der Waals surface area contributed by atoms with Crippen molar-refractivity contribution in [1.82, 2.24) is 0 Å². The molecule has 2 rings (SSSR count). The largest absolute Gasteiger partial charge is 0.464 e. The molecule has 0 aromatic rings. The van der Waals surface area contributed by atoms with Crippen molar-refractivity contribution in [2.45, 2.75) is 50.2 Å². The summed E-state index contributed by atoms with van der Waals surface area (Å²) in [5.41, 5.74) is -1.94. The second-order valence-corrected chi connectivity index (χ2v) is 4.80. The quantitative estimate of drug-likeness (QED) is 0.767. The number of rotatable bonds is 3. The highest BCUT2D eigenvalue weighted by Gasteiger charge is 2.52. The number of aliphatic hydroxyl groups excluding tert-OH is 1. The molecule has 1 aliphatic heterocycles. The van der Waals surface area contributed by atoms with E-state index in [4.69, 9.17) is 9.47 Å². The van der Waals surface area contributed by atoms with E-state index in [1.807, 2.05) is 0 Å². The summed E-state index contributed by atoms with van der Waals surface area (Å²) in [7, 11) is 0. The van der Waals surface area contributed by atoms with E-state index in [0.29, 0.717) is 26.1 Å². The Hall–Kier alpha value is -0.720. The Morgan fingerprint density at radius 2 is 1.89 bits per heavy atom. The fraction of sp³-hybridized carbons (Fsp3) is 0.917. The zero-order valence-corrected chi connectivity index (χ0v) is 10.5. The molecular weight excluding hydrogens is 243 g/mol. The van der Waals surface area contributed by atoms with Gasteiger partial charge in [0, 0.05) is 12.8 Å². The Kier molecular flexibility index (Phi) is 3.89. The molecule has 2 aliphatic rings. The Morgan fingerprint density at radius 3 is 2.39 bits per heavy atom. The van der Waals surface area contributed by atoms with E-state index in [2.05, 4.69) is 4.74 Å². The molecule has 0 aromatic carbocycles. The zero-order chi connectivity index (χ0) is 13.2. The first-order valence-corrected chi connectivity index (χ1v) is 6.33. The molecule has 1 spiro atoms. The van der Waals surface area contributed by atoms with Crippen LogP contribution in [0.2, 0.25) is 0 Å². The number of carbonyl (C=O) groups excluding carboxylic acids is 1. The summed E-state index contributed by atoms with van der Waals surface area (Å²) in [4.78, 5) is 11.4. The van der Waals surface area contributed by atoms with Gasteiger partial charge in [-0.05, 0) is 19.8 Å². The normalized spacial score (nSPS) is 27.1. The highest BCUT2D eigenvalue weighted by molar-refractivity contribution is 5.76. The van der Waals surface area contributed by atoms with Crippen LogP contribution in [0.4, 0.5) is 4.39 Å². The van der Waals surface area contributed by atoms with Crippen molar-refractivity contribution in [2.24, 2.45) is 0 Å². The van der Waals surface area contributed by atoms with Crippen molar-refractivity contribution in [3.63, 3.8) is 0 Å². The number of carbonyl (C=O) groups is 1. The van der Waals surface area contributed by atoms with E-state index in [1.165, 1.54) is 0 Å². The molecule has 18 heavy (non-hydrogen) atoms. The van der Waals surface area contributed by atoms with Crippen LogP contribution in [0.1, 0.15) is 32.6 Å². The third kappa shape index (κ3) is 2.50. The minimum absolute atomic E-state index is 0.0347. The Bertz CT molecular complexity index is 304. The summed E-state index contributed by atoms with van der Waals surface area (Å²) >= 11 is 0. The second-order valence-electron chi connectivity index (χ2n) is 4.80. The van der Waals surface area contributed by atoms with E-state index in [0.717, 1.165) is 0 Å². The van der Waals surface area contributed by atoms with Crippen molar-refractivity contribution in [1.29, 1.82) is 0 Å². The minimum atomic E-state index is -1.94. The Morgan fingerprint density at radius 1 is 1.33 bits per heavy atom. The molecule has 1 saturated carbocycles. The fourth-order valence-corrected chi connectivity index (χ4v) is 2.54. The lowest BCUT2D eigenvalue weighted by Crippen LogP contribution is -2.50. The highest BCUT2D eigenvalue weighted by atomic mass is 19.1. The van der Waals surface area contributed by atoms with Crippen LogP contribution < -0.4 is 0 Å². The van der Waals surface area contributed by atoms with E-state index >= 15 is 0 Å². The molecule has 0 bridgehead atoms. The van der Waals surface area contributed by atoms with Gasteiger partial charge < -0.3 is 19.3 Å². The lowest BCUT2D eigenvalue weighted by atomic mass is 9.79. The first-order valence-electron chi connectivity index (χ1n) is 6.33. The van der Waals surface area contributed by atoms with Crippen molar-refractivity contribution in [3.8, 4) is 0 Å². The number of halogens is 1. The van der Waals surface area contributed by atoms with Gasteiger partial charge in [0.25, 0.3) is 0 Å². The van der Waals surface area contributed by atoms with Gasteiger partial charge in [0.1, 0.15) is 5.67 Å². The maximum Gasteiger partial charge on any atom is 0.338 e. The van der Waals surface area contributed by atoms with Crippen LogP contribution in [0.15, 0.2) is 0 Å². The third-order valence-corrected chi connectivity index (χ3v) is 3.66. The molecule has 1 N–H and O–H groups in total. The summed E-state index contributed by atoms with van der Waals surface area (Å²) in [6.45, 7) is 2.77. The van der Waals surface area contributed by atoms with Crippen LogP contribution >= 0.6 is 0 Å². The van der Waals surface area contributed by atoms with Crippen molar-refractivity contribution >= 4 is 5.97 Å². The van der Waals surface area contributed by atoms with Gasteiger partial charge >= 0.3 is 5.97 Å². The van der Waals surface area contributed by atoms with Crippen molar-refractivity contribution in [2.75, 3.05) is 19.8 Å². The Balaban J connectivity index is 1.95. The zero-order valence-electron chi connectivity index (χ0n) is 10.5. The number of hydrogen-bond donors (Lipinski definition) is 1. The van der Waals surface area contributed by atoms with Crippen LogP contribution in [-0.4, -0.2) is 48.5 Å². The molecule has 104 valence electrons. The first kappa shape index (κ1) is 13.7. The van der Waals surface area contributed by atoms with Crippen LogP contribution in [-0.2, 0) is 19.0 Å². The number of alkyl halides is 1. The number of ether oxygens (including phenoxy) is 3. The predicted molar refractivity (Wildman–Crippen MR) is 59.6 cm³/mol. The molecule has 1 heterocycles. The van der Waals surface area contributed by atoms with E-state index < -0.39 is 23.5 Å². The van der Waals surface area contributed by atoms with Gasteiger partial charge in [-0.15, -0.1) is 0 Å². The summed E-state index contributed by atoms with van der Waals surface area (Å²) in [6, 6.07) is 0. The standard InChI is InChI=1S/C12H19FO5/c1-2-16-10(15)9(14)11(13)3-5-12(6-4-11)17-7-8-18-12/h9,14H,2-8H2,1H3. The molecule has 2 fully saturated rings. The van der Waals surface area contributed by atoms with Gasteiger partial charge in [-0.2, -0.15) is 0 Å². The topological polar surface area (TPSA) is 65.0 Å². The lowest BCUT2D eigenvalue weighted by Gasteiger charge is -2.40. The maximum atomic E-state index is 14.5. The molecule has 0 aromatic heterocycles. The SMILES string of the molecule is CCOC(=O)C(O)C1(F)CCC2(CC1)OCCO2. The minimum Gasteiger partial charge on any atom is -0.464 e. The molecule has 0 amide bonds. The second kappa shape index (κ2) is 5.11. The average Bonchev–Trinajstić information content (AvgIpc) is 2.82. The van der Waals surface area contributed by atoms with Crippen LogP contribution in [0.3, 0.4) is 0 Å². The molecule has 6 heteroatoms. The monoisotopic (exact) mass is 262 g/mol. The van der Waals surface area contributed by atoms with E-state index in [9.17, 15) is 14.3 Å². The average molecular weight is 262 g/mol. The summed E-state index contributed by atoms with van der Waals surface area (Å²) in [5, 5.41) is 9.73. The molecule has 5 nitrogen and oxygen atoms in total. The maximum absolute atomic E-state index is 14.5. The Labute approximate surface area is 105 Å². The van der Waals surface area contributed by atoms with E-state index in [-0.39, 0.29) is 19.4 Å². The number of esters is 1. The third-order valence-electron chi connectivity index (χ3n) is 3.66. The molecule has 0 radical (unpaired) electrons. The molecule has 1 saturated heterocycles. The highest BCUT2D eigenvalue weighted by Crippen LogP contribution is 2.43. The van der Waals surface area contributed by atoms with Gasteiger partial charge in [-0.3, -0.25) is 0 Å². The summed E-state index contributed by atoms with van der Waals surface area (Å²) in [5.74, 6) is -1.60. The first-order chi connectivity index (χ1) is 8.51. The van der Waals surface area contributed by atoms with Crippen molar-refractivity contribution in [3.05, 3.63) is 0 Å². The fourth-order valence-electron chi connectivity index (χ4n) is 2.54. The van der Waals surface area contributed by atoms with Gasteiger partial charge in [-0.1, -0.05) is 0 Å². The van der Waals surface area contributed by atoms with Gasteiger partial charge in [-0.25, -0.2) is 9.18 Å². The van der Waals surface area contributed by atoms with Crippen LogP contribution in [0.25, 0.3) is 0 Å². The van der Waals surface area contributed by atoms with Gasteiger partial charge in [0.2, 0.25) is 0 Å². The lowest BCUT2D eigenvalue weighted by molar-refractivity contribution is -0.207. The number of hydrogen-bond acceptors (Lipinski definition) is 5. The van der Waals surface area contributed by atoms with Gasteiger partial charge in [0.05, 0.1) is 19.8 Å². The summed E-state index contributed by atoms with van der Waals surface area (Å²) in [6.07, 6.45) is -0.962. The van der Waals surface area contributed by atoms with Gasteiger partial charge in [0.15, 0.2) is 11.9 Å². The number of aliphatic hydroxyl groups is 1. The molecule has 1 aliphatic carbocycles. The molecule has 1 unspecified atom stereocenters. The van der Waals surface area contributed by atoms with Crippen LogP contribution in [0, 0.1) is 0 Å². The van der Waals surface area contributed by atoms with E-state index in [1.54, 1.807) is 6.92 Å². The molecular formula is C12H19FO5. The van der Waals surface area contributed by atoms with Crippen LogP contribution in [0.5, 0.6) is 0 Å². The predicted octanol–water partition coefficient (Wildman–Crippen LogP) is 0.936. The smallest absolute Gasteiger partial charge is 0.338 e.